The zero-order valence-electron chi connectivity index (χ0n) is 28.7. The maximum absolute atomic E-state index is 12.4. The molecule has 0 bridgehead atoms. The van der Waals surface area contributed by atoms with Crippen LogP contribution in [0.5, 0.6) is 0 Å². The number of aliphatic hydroxyl groups is 11. The summed E-state index contributed by atoms with van der Waals surface area (Å²) in [6, 6.07) is -0.575. The Morgan fingerprint density at radius 3 is 1.94 bits per heavy atom. The Morgan fingerprint density at radius 1 is 0.800 bits per heavy atom. The van der Waals surface area contributed by atoms with Crippen LogP contribution in [0.3, 0.4) is 0 Å². The number of nitrogens with zero attached hydrogens (tertiary/aromatic N) is 2. The Kier molecular flexibility index (Phi) is 20.6. The molecule has 0 saturated carbocycles. The van der Waals surface area contributed by atoms with Gasteiger partial charge >= 0.3 is 6.03 Å². The molecule has 14 atom stereocenters. The third-order valence-electron chi connectivity index (χ3n) is 8.75. The highest BCUT2D eigenvalue weighted by atomic mass is 16.7. The lowest BCUT2D eigenvalue weighted by molar-refractivity contribution is -0.367. The molecule has 2 aliphatic rings. The van der Waals surface area contributed by atoms with E-state index in [0.717, 1.165) is 36.9 Å². The van der Waals surface area contributed by atoms with Gasteiger partial charge in [-0.3, -0.25) is 0 Å². The molecule has 2 amide bonds. The van der Waals surface area contributed by atoms with Gasteiger partial charge in [0, 0.05) is 13.6 Å². The minimum Gasteiger partial charge on any atom is -0.394 e. The molecule has 0 aromatic carbocycles. The van der Waals surface area contributed by atoms with E-state index in [1.165, 1.54) is 39.2 Å². The first-order valence-corrected chi connectivity index (χ1v) is 17.3. The topological polar surface area (TPSA) is 304 Å². The molecule has 19 nitrogen and oxygen atoms in total. The number of carbonyl (C=O) groups excluding carboxylic acids is 1. The minimum atomic E-state index is -2.04. The van der Waals surface area contributed by atoms with Gasteiger partial charge in [-0.2, -0.15) is 5.10 Å². The van der Waals surface area contributed by atoms with Crippen LogP contribution in [0.15, 0.2) is 5.10 Å². The summed E-state index contributed by atoms with van der Waals surface area (Å²) in [7, 11) is 1.31. The van der Waals surface area contributed by atoms with Crippen LogP contribution in [0.4, 0.5) is 4.79 Å². The molecule has 0 radical (unpaired) electrons. The fourth-order valence-electron chi connectivity index (χ4n) is 5.57. The zero-order valence-corrected chi connectivity index (χ0v) is 28.7. The average molecular weight is 730 g/mol. The molecular weight excluding hydrogens is 670 g/mol. The van der Waals surface area contributed by atoms with Crippen molar-refractivity contribution in [3.05, 3.63) is 0 Å². The van der Waals surface area contributed by atoms with Gasteiger partial charge in [0.15, 0.2) is 12.6 Å². The van der Waals surface area contributed by atoms with E-state index in [2.05, 4.69) is 17.3 Å². The molecule has 2 rings (SSSR count). The number of hydrogen-bond donors (Lipinski definition) is 12. The van der Waals surface area contributed by atoms with Crippen molar-refractivity contribution in [2.24, 2.45) is 5.10 Å². The van der Waals surface area contributed by atoms with E-state index in [9.17, 15) is 61.0 Å². The number of hydrogen-bond acceptors (Lipinski definition) is 17. The van der Waals surface area contributed by atoms with E-state index in [1.54, 1.807) is 0 Å². The molecule has 12 N–H and O–H groups in total. The van der Waals surface area contributed by atoms with Gasteiger partial charge in [0.25, 0.3) is 0 Å². The number of ether oxygens (including phenoxy) is 4. The number of aliphatic hydroxyl groups excluding tert-OH is 11. The van der Waals surface area contributed by atoms with Crippen LogP contribution in [-0.2, 0) is 18.9 Å². The number of carbonyl (C=O) groups is 1. The molecule has 19 heteroatoms. The van der Waals surface area contributed by atoms with Crippen molar-refractivity contribution in [1.29, 1.82) is 0 Å². The first-order valence-electron chi connectivity index (χ1n) is 17.3. The maximum atomic E-state index is 12.4. The van der Waals surface area contributed by atoms with Crippen LogP contribution >= 0.6 is 0 Å². The predicted molar refractivity (Wildman–Crippen MR) is 173 cm³/mol. The lowest BCUT2D eigenvalue weighted by Crippen LogP contribution is -2.65. The van der Waals surface area contributed by atoms with Gasteiger partial charge in [0.2, 0.25) is 0 Å². The molecule has 0 spiro atoms. The Bertz CT molecular complexity index is 967. The van der Waals surface area contributed by atoms with Gasteiger partial charge in [-0.05, 0) is 6.42 Å². The minimum absolute atomic E-state index is 0.414. The number of unbranched alkanes of at least 4 members (excludes halogenated alkanes) is 8. The highest BCUT2D eigenvalue weighted by Gasteiger charge is 2.51. The van der Waals surface area contributed by atoms with Crippen LogP contribution in [0.1, 0.15) is 64.7 Å². The van der Waals surface area contributed by atoms with E-state index >= 15 is 0 Å². The predicted octanol–water partition coefficient (Wildman–Crippen LogP) is -3.77. The van der Waals surface area contributed by atoms with Crippen LogP contribution < -0.4 is 5.32 Å². The monoisotopic (exact) mass is 729 g/mol. The summed E-state index contributed by atoms with van der Waals surface area (Å²) in [5.41, 5.74) is 0. The molecule has 2 heterocycles. The van der Waals surface area contributed by atoms with Crippen LogP contribution in [0.25, 0.3) is 0 Å². The van der Waals surface area contributed by atoms with Crippen molar-refractivity contribution in [2.45, 2.75) is 151 Å². The van der Waals surface area contributed by atoms with Crippen LogP contribution in [-0.4, -0.2) is 193 Å². The maximum Gasteiger partial charge on any atom is 0.337 e. The van der Waals surface area contributed by atoms with E-state index in [4.69, 9.17) is 18.9 Å². The molecule has 2 aliphatic heterocycles. The number of urea groups is 1. The second-order valence-corrected chi connectivity index (χ2v) is 12.7. The van der Waals surface area contributed by atoms with E-state index in [-0.39, 0.29) is 0 Å². The number of amides is 2. The molecule has 2 fully saturated rings. The van der Waals surface area contributed by atoms with Crippen LogP contribution in [0, 0.1) is 0 Å². The number of rotatable bonds is 22. The van der Waals surface area contributed by atoms with Crippen molar-refractivity contribution in [3.63, 3.8) is 0 Å². The Balaban J connectivity index is 1.95. The molecule has 0 aliphatic carbocycles. The van der Waals surface area contributed by atoms with Crippen molar-refractivity contribution in [2.75, 3.05) is 33.4 Å². The van der Waals surface area contributed by atoms with Gasteiger partial charge in [-0.15, -0.1) is 0 Å². The summed E-state index contributed by atoms with van der Waals surface area (Å²) < 4.78 is 21.7. The van der Waals surface area contributed by atoms with E-state index < -0.39 is 112 Å². The third kappa shape index (κ3) is 13.1. The zero-order chi connectivity index (χ0) is 37.4. The summed E-state index contributed by atoms with van der Waals surface area (Å²) in [5.74, 6) is 0. The molecule has 0 aromatic rings. The lowest BCUT2D eigenvalue weighted by Gasteiger charge is -2.46. The first-order chi connectivity index (χ1) is 23.8. The summed E-state index contributed by atoms with van der Waals surface area (Å²) in [6.07, 6.45) is -14.4. The number of nitrogens with one attached hydrogen (secondary N) is 1. The quantitative estimate of drug-likeness (QED) is 0.0289. The van der Waals surface area contributed by atoms with Crippen molar-refractivity contribution in [3.8, 4) is 0 Å². The number of hydrazone groups is 1. The van der Waals surface area contributed by atoms with Gasteiger partial charge in [-0.1, -0.05) is 58.3 Å². The Hall–Kier alpha value is -1.66. The third-order valence-corrected chi connectivity index (χ3v) is 8.75. The van der Waals surface area contributed by atoms with Gasteiger partial charge in [0.05, 0.1) is 26.0 Å². The van der Waals surface area contributed by atoms with Gasteiger partial charge in [-0.25, -0.2) is 9.80 Å². The Morgan fingerprint density at radius 2 is 1.36 bits per heavy atom. The molecular formula is C31H59N3O16. The van der Waals surface area contributed by atoms with Gasteiger partial charge in [0.1, 0.15) is 73.2 Å². The smallest absolute Gasteiger partial charge is 0.337 e. The highest BCUT2D eigenvalue weighted by molar-refractivity contribution is 5.75. The molecule has 294 valence electrons. The Labute approximate surface area is 291 Å². The normalized spacial score (nSPS) is 32.8. The fraction of sp³-hybridized carbons (Fsp3) is 0.935. The highest BCUT2D eigenvalue weighted by Crippen LogP contribution is 2.30. The van der Waals surface area contributed by atoms with E-state index in [1.807, 2.05) is 0 Å². The SMILES string of the molecule is CCCCCCCCCCCNC(=O)N(C)/N=C/[C@H](O)[C@@H](O)[C@H](O[C@H]1O[C@H](CO)[C@@H](O[C@H]2O[C@H](CO)[C@@H](O)[C@H](O)[C@H]2O)[C@H](O)[C@H]1O)[C@H](O)CO. The van der Waals surface area contributed by atoms with Crippen molar-refractivity contribution >= 4 is 12.2 Å². The molecule has 50 heavy (non-hydrogen) atoms. The summed E-state index contributed by atoms with van der Waals surface area (Å²) >= 11 is 0. The molecule has 2 saturated heterocycles. The van der Waals surface area contributed by atoms with Crippen molar-refractivity contribution in [1.82, 2.24) is 10.3 Å². The molecule has 0 aromatic heterocycles. The summed E-state index contributed by atoms with van der Waals surface area (Å²) in [5, 5.41) is 120. The van der Waals surface area contributed by atoms with Crippen molar-refractivity contribution < 1.29 is 79.9 Å². The fourth-order valence-corrected chi connectivity index (χ4v) is 5.57. The standard InChI is InChI=1S/C31H59N3O16/c1-3-4-5-6-7-8-9-10-11-12-32-31(46)34(2)33-13-17(38)21(40)27(18(39)14-35)49-30-26(45)24(43)28(20(16-37)48-30)50-29-25(44)23(42)22(41)19(15-36)47-29/h13,17-30,35-45H,3-12,14-16H2,1-2H3,(H,32,46)/b33-13+/t17-,18+,19+,20+,21+,22+,23-,24+,25+,26+,27+,28+,29+,30+/m0/s1. The average Bonchev–Trinajstić information content (AvgIpc) is 3.11. The van der Waals surface area contributed by atoms with Gasteiger partial charge < -0.3 is 80.4 Å². The largest absolute Gasteiger partial charge is 0.394 e. The second-order valence-electron chi connectivity index (χ2n) is 12.7. The summed E-state index contributed by atoms with van der Waals surface area (Å²) in [6.45, 7) is -0.0602. The first kappa shape index (κ1) is 44.5. The second kappa shape index (κ2) is 23.1. The molecule has 0 unspecified atom stereocenters. The van der Waals surface area contributed by atoms with E-state index in [0.29, 0.717) is 6.54 Å². The van der Waals surface area contributed by atoms with Crippen LogP contribution in [0.2, 0.25) is 0 Å². The lowest BCUT2D eigenvalue weighted by atomic mass is 9.96. The summed E-state index contributed by atoms with van der Waals surface area (Å²) in [4.78, 5) is 12.4.